The lowest BCUT2D eigenvalue weighted by molar-refractivity contribution is 0.103. The quantitative estimate of drug-likeness (QED) is 0.697. The predicted molar refractivity (Wildman–Crippen MR) is 58.1 cm³/mol. The van der Waals surface area contributed by atoms with E-state index in [0.717, 1.165) is 5.56 Å². The van der Waals surface area contributed by atoms with Crippen LogP contribution < -0.4 is 0 Å². The van der Waals surface area contributed by atoms with Crippen molar-refractivity contribution in [2.24, 2.45) is 0 Å². The molecule has 0 aliphatic rings. The minimum absolute atomic E-state index is 0.0185. The molecule has 76 valence electrons. The lowest BCUT2D eigenvalue weighted by Gasteiger charge is -2.00. The fourth-order valence-corrected chi connectivity index (χ4v) is 1.56. The number of furan rings is 1. The van der Waals surface area contributed by atoms with E-state index < -0.39 is 0 Å². The maximum absolute atomic E-state index is 12.0. The summed E-state index contributed by atoms with van der Waals surface area (Å²) >= 11 is 0. The van der Waals surface area contributed by atoms with Crippen LogP contribution in [0.4, 0.5) is 0 Å². The van der Waals surface area contributed by atoms with Gasteiger partial charge in [-0.25, -0.2) is 0 Å². The molecule has 0 atom stereocenters. The normalized spacial score (nSPS) is 10.3. The zero-order chi connectivity index (χ0) is 10.8. The van der Waals surface area contributed by atoms with Crippen molar-refractivity contribution in [3.05, 3.63) is 59.0 Å². The number of rotatable bonds is 2. The van der Waals surface area contributed by atoms with Crippen LogP contribution in [0, 0.1) is 13.8 Å². The Morgan fingerprint density at radius 3 is 2.60 bits per heavy atom. The number of ketones is 1. The highest BCUT2D eigenvalue weighted by atomic mass is 16.3. The highest BCUT2D eigenvalue weighted by molar-refractivity contribution is 6.09. The fourth-order valence-electron chi connectivity index (χ4n) is 1.56. The summed E-state index contributed by atoms with van der Waals surface area (Å²) in [6.45, 7) is 3.77. The van der Waals surface area contributed by atoms with E-state index in [1.165, 1.54) is 0 Å². The van der Waals surface area contributed by atoms with Crippen molar-refractivity contribution in [2.75, 3.05) is 0 Å². The minimum atomic E-state index is 0.0185. The largest absolute Gasteiger partial charge is 0.469 e. The molecule has 2 rings (SSSR count). The Bertz CT molecular complexity index is 495. The van der Waals surface area contributed by atoms with E-state index in [4.69, 9.17) is 4.42 Å². The van der Waals surface area contributed by atoms with E-state index in [-0.39, 0.29) is 5.78 Å². The van der Waals surface area contributed by atoms with Gasteiger partial charge in [0.15, 0.2) is 5.78 Å². The van der Waals surface area contributed by atoms with Gasteiger partial charge >= 0.3 is 0 Å². The first-order chi connectivity index (χ1) is 7.18. The van der Waals surface area contributed by atoms with Crippen molar-refractivity contribution in [3.8, 4) is 0 Å². The Morgan fingerprint density at radius 1 is 1.20 bits per heavy atom. The molecule has 0 amide bonds. The number of carbonyl (C=O) groups excluding carboxylic acids is 1. The van der Waals surface area contributed by atoms with Gasteiger partial charge < -0.3 is 4.42 Å². The fraction of sp³-hybridized carbons (Fsp3) is 0.154. The molecule has 1 aromatic heterocycles. The number of carbonyl (C=O) groups is 1. The smallest absolute Gasteiger partial charge is 0.196 e. The highest BCUT2D eigenvalue weighted by Gasteiger charge is 2.13. The molecule has 15 heavy (non-hydrogen) atoms. The van der Waals surface area contributed by atoms with Crippen LogP contribution >= 0.6 is 0 Å². The van der Waals surface area contributed by atoms with Crippen LogP contribution in [0.1, 0.15) is 27.2 Å². The molecule has 0 saturated heterocycles. The standard InChI is InChI=1S/C13H12O2/c1-9-4-3-5-11(8-9)13(14)12-6-7-15-10(12)2/h3-8H,1-2H3. The van der Waals surface area contributed by atoms with Crippen LogP contribution in [0.15, 0.2) is 41.0 Å². The van der Waals surface area contributed by atoms with E-state index in [9.17, 15) is 4.79 Å². The molecule has 2 heteroatoms. The molecule has 1 aromatic carbocycles. The molecular formula is C13H12O2. The lowest BCUT2D eigenvalue weighted by atomic mass is 10.0. The van der Waals surface area contributed by atoms with Crippen LogP contribution in [-0.2, 0) is 0 Å². The van der Waals surface area contributed by atoms with Crippen molar-refractivity contribution in [2.45, 2.75) is 13.8 Å². The monoisotopic (exact) mass is 200 g/mol. The second kappa shape index (κ2) is 3.73. The molecule has 0 fully saturated rings. The van der Waals surface area contributed by atoms with Gasteiger partial charge in [0.2, 0.25) is 0 Å². The summed E-state index contributed by atoms with van der Waals surface area (Å²) in [6, 6.07) is 9.27. The second-order valence-electron chi connectivity index (χ2n) is 3.59. The zero-order valence-electron chi connectivity index (χ0n) is 8.78. The van der Waals surface area contributed by atoms with Crippen molar-refractivity contribution in [1.82, 2.24) is 0 Å². The van der Waals surface area contributed by atoms with Crippen LogP contribution in [0.2, 0.25) is 0 Å². The summed E-state index contributed by atoms with van der Waals surface area (Å²) in [5.41, 5.74) is 2.43. The van der Waals surface area contributed by atoms with Gasteiger partial charge in [-0.3, -0.25) is 4.79 Å². The maximum Gasteiger partial charge on any atom is 0.196 e. The Morgan fingerprint density at radius 2 is 2.00 bits per heavy atom. The maximum atomic E-state index is 12.0. The summed E-state index contributed by atoms with van der Waals surface area (Å²) in [5, 5.41) is 0. The van der Waals surface area contributed by atoms with Gasteiger partial charge in [-0.15, -0.1) is 0 Å². The van der Waals surface area contributed by atoms with Crippen molar-refractivity contribution in [3.63, 3.8) is 0 Å². The van der Waals surface area contributed by atoms with Crippen LogP contribution in [0.3, 0.4) is 0 Å². The van der Waals surface area contributed by atoms with Crippen LogP contribution in [0.25, 0.3) is 0 Å². The second-order valence-corrected chi connectivity index (χ2v) is 3.59. The first-order valence-corrected chi connectivity index (χ1v) is 4.84. The number of benzene rings is 1. The first-order valence-electron chi connectivity index (χ1n) is 4.84. The molecule has 2 nitrogen and oxygen atoms in total. The average Bonchev–Trinajstić information content (AvgIpc) is 2.63. The van der Waals surface area contributed by atoms with Gasteiger partial charge in [-0.2, -0.15) is 0 Å². The molecule has 0 saturated carbocycles. The molecule has 0 bridgehead atoms. The average molecular weight is 200 g/mol. The third-order valence-corrected chi connectivity index (χ3v) is 2.38. The summed E-state index contributed by atoms with van der Waals surface area (Å²) in [4.78, 5) is 12.0. The molecule has 0 radical (unpaired) electrons. The van der Waals surface area contributed by atoms with Gasteiger partial charge in [0.05, 0.1) is 11.8 Å². The van der Waals surface area contributed by atoms with E-state index in [1.807, 2.05) is 31.2 Å². The Kier molecular flexibility index (Phi) is 2.42. The number of hydrogen-bond acceptors (Lipinski definition) is 2. The van der Waals surface area contributed by atoms with Gasteiger partial charge in [-0.1, -0.05) is 23.8 Å². The van der Waals surface area contributed by atoms with Crippen molar-refractivity contribution in [1.29, 1.82) is 0 Å². The Labute approximate surface area is 88.5 Å². The topological polar surface area (TPSA) is 30.2 Å². The first kappa shape index (κ1) is 9.71. The molecule has 0 spiro atoms. The van der Waals surface area contributed by atoms with Gasteiger partial charge in [-0.05, 0) is 26.0 Å². The summed E-state index contributed by atoms with van der Waals surface area (Å²) in [5.74, 6) is 0.687. The predicted octanol–water partition coefficient (Wildman–Crippen LogP) is 3.13. The number of hydrogen-bond donors (Lipinski definition) is 0. The SMILES string of the molecule is Cc1cccc(C(=O)c2ccoc2C)c1. The summed E-state index contributed by atoms with van der Waals surface area (Å²) < 4.78 is 5.12. The van der Waals surface area contributed by atoms with E-state index in [2.05, 4.69) is 0 Å². The van der Waals surface area contributed by atoms with Crippen molar-refractivity contribution < 1.29 is 9.21 Å². The van der Waals surface area contributed by atoms with E-state index in [1.54, 1.807) is 19.3 Å². The zero-order valence-corrected chi connectivity index (χ0v) is 8.78. The van der Waals surface area contributed by atoms with Gasteiger partial charge in [0.1, 0.15) is 5.76 Å². The third-order valence-electron chi connectivity index (χ3n) is 2.38. The molecular weight excluding hydrogens is 188 g/mol. The Hall–Kier alpha value is -1.83. The summed E-state index contributed by atoms with van der Waals surface area (Å²) in [6.07, 6.45) is 1.54. The highest BCUT2D eigenvalue weighted by Crippen LogP contribution is 2.15. The van der Waals surface area contributed by atoms with E-state index in [0.29, 0.717) is 16.9 Å². The molecule has 0 aliphatic heterocycles. The third kappa shape index (κ3) is 1.84. The summed E-state index contributed by atoms with van der Waals surface area (Å²) in [7, 11) is 0. The molecule has 0 N–H and O–H groups in total. The van der Waals surface area contributed by atoms with Gasteiger partial charge in [0.25, 0.3) is 0 Å². The van der Waals surface area contributed by atoms with Crippen LogP contribution in [0.5, 0.6) is 0 Å². The van der Waals surface area contributed by atoms with Crippen LogP contribution in [-0.4, -0.2) is 5.78 Å². The number of aryl methyl sites for hydroxylation is 2. The molecule has 0 aliphatic carbocycles. The molecule has 2 aromatic rings. The molecule has 1 heterocycles. The molecule has 0 unspecified atom stereocenters. The lowest BCUT2D eigenvalue weighted by Crippen LogP contribution is -2.01. The van der Waals surface area contributed by atoms with E-state index >= 15 is 0 Å². The minimum Gasteiger partial charge on any atom is -0.469 e. The Balaban J connectivity index is 2.41. The van der Waals surface area contributed by atoms with Crippen molar-refractivity contribution >= 4 is 5.78 Å². The van der Waals surface area contributed by atoms with Gasteiger partial charge in [0, 0.05) is 5.56 Å².